The fourth-order valence-electron chi connectivity index (χ4n) is 2.92. The number of halogens is 4. The highest BCUT2D eigenvalue weighted by molar-refractivity contribution is 7.89. The number of nitrogens with two attached hydrogens (primary N) is 1. The van der Waals surface area contributed by atoms with Crippen LogP contribution in [-0.2, 0) is 10.0 Å². The summed E-state index contributed by atoms with van der Waals surface area (Å²) < 4.78 is 78.0. The van der Waals surface area contributed by atoms with Gasteiger partial charge in [0.25, 0.3) is 0 Å². The molecule has 0 fully saturated rings. The van der Waals surface area contributed by atoms with E-state index < -0.39 is 27.1 Å². The highest BCUT2D eigenvalue weighted by atomic mass is 32.2. The fraction of sp³-hybridized carbons (Fsp3) is 0.100. The van der Waals surface area contributed by atoms with Crippen molar-refractivity contribution in [3.8, 4) is 28.0 Å². The summed E-state index contributed by atoms with van der Waals surface area (Å²) in [5.41, 5.74) is 2.53. The van der Waals surface area contributed by atoms with Gasteiger partial charge in [0.15, 0.2) is 0 Å². The predicted molar refractivity (Wildman–Crippen MR) is 107 cm³/mol. The van der Waals surface area contributed by atoms with Gasteiger partial charge in [-0.3, -0.25) is 0 Å². The fourth-order valence-corrected chi connectivity index (χ4v) is 3.85. The van der Waals surface area contributed by atoms with Crippen LogP contribution in [-0.4, -0.2) is 14.8 Å². The van der Waals surface area contributed by atoms with E-state index >= 15 is 0 Å². The molecule has 0 heterocycles. The van der Waals surface area contributed by atoms with Gasteiger partial charge in [0.1, 0.15) is 16.5 Å². The molecular weight excluding hydrogens is 442 g/mol. The van der Waals surface area contributed by atoms with Crippen molar-refractivity contribution < 1.29 is 30.7 Å². The van der Waals surface area contributed by atoms with Crippen LogP contribution >= 0.6 is 12.6 Å². The van der Waals surface area contributed by atoms with Crippen LogP contribution in [0.5, 0.6) is 5.75 Å². The molecule has 158 valence electrons. The lowest BCUT2D eigenvalue weighted by molar-refractivity contribution is -0.274. The van der Waals surface area contributed by atoms with Crippen molar-refractivity contribution in [1.82, 2.24) is 0 Å². The number of benzene rings is 3. The first-order valence-electron chi connectivity index (χ1n) is 8.38. The smallest absolute Gasteiger partial charge is 0.406 e. The number of hydrogen-bond acceptors (Lipinski definition) is 4. The van der Waals surface area contributed by atoms with E-state index in [9.17, 15) is 26.0 Å². The molecule has 0 saturated carbocycles. The molecule has 0 aromatic heterocycles. The standard InChI is InChI=1S/C20H15F4NO3S2/c1-11-8-14(3-6-17(11)28-20(22,23)24)15-5-2-13(10-18(15)29)12-4-7-19(16(21)9-12)30(25,26)27/h2-10,29H,1H3,(H2,25,26,27). The maximum Gasteiger partial charge on any atom is 0.573 e. The van der Waals surface area contributed by atoms with Crippen LogP contribution in [0.4, 0.5) is 17.6 Å². The maximum absolute atomic E-state index is 14.1. The molecule has 0 spiro atoms. The van der Waals surface area contributed by atoms with E-state index in [-0.39, 0.29) is 5.75 Å². The number of aryl methyl sites for hydroxylation is 1. The van der Waals surface area contributed by atoms with Gasteiger partial charge in [-0.1, -0.05) is 24.3 Å². The Balaban J connectivity index is 1.95. The maximum atomic E-state index is 14.1. The lowest BCUT2D eigenvalue weighted by Crippen LogP contribution is -2.17. The third-order valence-electron chi connectivity index (χ3n) is 4.28. The molecule has 0 aliphatic rings. The molecule has 0 bridgehead atoms. The Kier molecular flexibility index (Phi) is 5.85. The summed E-state index contributed by atoms with van der Waals surface area (Å²) in [4.78, 5) is -0.113. The van der Waals surface area contributed by atoms with Crippen molar-refractivity contribution >= 4 is 22.7 Å². The van der Waals surface area contributed by atoms with Crippen molar-refractivity contribution in [2.24, 2.45) is 5.14 Å². The molecule has 2 N–H and O–H groups in total. The lowest BCUT2D eigenvalue weighted by atomic mass is 9.99. The summed E-state index contributed by atoms with van der Waals surface area (Å²) in [5, 5.41) is 4.96. The number of rotatable bonds is 4. The first-order chi connectivity index (χ1) is 13.8. The number of sulfonamides is 1. The van der Waals surface area contributed by atoms with Crippen molar-refractivity contribution in [1.29, 1.82) is 0 Å². The molecule has 10 heteroatoms. The third kappa shape index (κ3) is 4.94. The van der Waals surface area contributed by atoms with Crippen LogP contribution in [0.15, 0.2) is 64.4 Å². The summed E-state index contributed by atoms with van der Waals surface area (Å²) in [5.74, 6) is -1.27. The minimum atomic E-state index is -4.78. The second-order valence-electron chi connectivity index (χ2n) is 6.45. The molecule has 0 aliphatic carbocycles. The molecular formula is C20H15F4NO3S2. The number of alkyl halides is 3. The Morgan fingerprint density at radius 1 is 0.933 bits per heavy atom. The molecule has 0 saturated heterocycles. The van der Waals surface area contributed by atoms with E-state index in [4.69, 9.17) is 5.14 Å². The Labute approximate surface area is 175 Å². The van der Waals surface area contributed by atoms with Gasteiger partial charge in [0.2, 0.25) is 10.0 Å². The monoisotopic (exact) mass is 457 g/mol. The SMILES string of the molecule is Cc1cc(-c2ccc(-c3ccc(S(N)(=O)=O)c(F)c3)cc2S)ccc1OC(F)(F)F. The molecule has 0 unspecified atom stereocenters. The van der Waals surface area contributed by atoms with Crippen molar-refractivity contribution in [3.05, 3.63) is 66.0 Å². The van der Waals surface area contributed by atoms with Crippen LogP contribution in [0.1, 0.15) is 5.56 Å². The van der Waals surface area contributed by atoms with Crippen LogP contribution in [0, 0.1) is 12.7 Å². The van der Waals surface area contributed by atoms with E-state index in [1.807, 2.05) is 0 Å². The molecule has 0 radical (unpaired) electrons. The summed E-state index contributed by atoms with van der Waals surface area (Å²) in [7, 11) is -4.17. The third-order valence-corrected chi connectivity index (χ3v) is 5.60. The zero-order chi connectivity index (χ0) is 22.3. The second-order valence-corrected chi connectivity index (χ2v) is 8.46. The van der Waals surface area contributed by atoms with Gasteiger partial charge >= 0.3 is 6.36 Å². The zero-order valence-electron chi connectivity index (χ0n) is 15.4. The van der Waals surface area contributed by atoms with Gasteiger partial charge < -0.3 is 4.74 Å². The van der Waals surface area contributed by atoms with Crippen molar-refractivity contribution in [2.45, 2.75) is 23.1 Å². The Hall–Kier alpha value is -2.56. The minimum Gasteiger partial charge on any atom is -0.406 e. The number of thiol groups is 1. The van der Waals surface area contributed by atoms with Crippen LogP contribution in [0.3, 0.4) is 0 Å². The largest absolute Gasteiger partial charge is 0.573 e. The van der Waals surface area contributed by atoms with Crippen LogP contribution in [0.2, 0.25) is 0 Å². The van der Waals surface area contributed by atoms with Gasteiger partial charge in [-0.15, -0.1) is 25.8 Å². The van der Waals surface area contributed by atoms with Gasteiger partial charge in [-0.2, -0.15) is 0 Å². The summed E-state index contributed by atoms with van der Waals surface area (Å²) in [6.45, 7) is 1.49. The van der Waals surface area contributed by atoms with E-state index in [0.29, 0.717) is 32.7 Å². The molecule has 30 heavy (non-hydrogen) atoms. The Bertz CT molecular complexity index is 1230. The lowest BCUT2D eigenvalue weighted by Gasteiger charge is -2.14. The van der Waals surface area contributed by atoms with E-state index in [2.05, 4.69) is 17.4 Å². The number of ether oxygens (including phenoxy) is 1. The molecule has 0 atom stereocenters. The van der Waals surface area contributed by atoms with Gasteiger partial charge in [0.05, 0.1) is 0 Å². The summed E-state index contributed by atoms with van der Waals surface area (Å²) >= 11 is 4.43. The average molecular weight is 457 g/mol. The molecule has 0 aliphatic heterocycles. The number of primary sulfonamides is 1. The Morgan fingerprint density at radius 3 is 2.07 bits per heavy atom. The highest BCUT2D eigenvalue weighted by Crippen LogP contribution is 2.35. The van der Waals surface area contributed by atoms with Gasteiger partial charge in [-0.25, -0.2) is 17.9 Å². The van der Waals surface area contributed by atoms with E-state index in [1.54, 1.807) is 18.2 Å². The van der Waals surface area contributed by atoms with Gasteiger partial charge in [0, 0.05) is 4.90 Å². The van der Waals surface area contributed by atoms with Crippen LogP contribution < -0.4 is 9.88 Å². The molecule has 0 amide bonds. The Morgan fingerprint density at radius 2 is 1.53 bits per heavy atom. The second kappa shape index (κ2) is 7.93. The van der Waals surface area contributed by atoms with E-state index in [1.165, 1.54) is 31.2 Å². The molecule has 3 aromatic rings. The molecule has 4 nitrogen and oxygen atoms in total. The van der Waals surface area contributed by atoms with Crippen molar-refractivity contribution in [3.63, 3.8) is 0 Å². The highest BCUT2D eigenvalue weighted by Gasteiger charge is 2.31. The number of hydrogen-bond donors (Lipinski definition) is 2. The first kappa shape index (κ1) is 22.1. The summed E-state index contributed by atoms with van der Waals surface area (Å²) in [6, 6.07) is 12.8. The van der Waals surface area contributed by atoms with E-state index in [0.717, 1.165) is 12.1 Å². The summed E-state index contributed by atoms with van der Waals surface area (Å²) in [6.07, 6.45) is -4.78. The van der Waals surface area contributed by atoms with Gasteiger partial charge in [-0.05, 0) is 65.1 Å². The molecule has 3 rings (SSSR count). The first-order valence-corrected chi connectivity index (χ1v) is 10.4. The average Bonchev–Trinajstić information content (AvgIpc) is 2.61. The minimum absolute atomic E-state index is 0.294. The predicted octanol–water partition coefficient (Wildman–Crippen LogP) is 5.30. The molecule has 3 aromatic carbocycles. The normalized spacial score (nSPS) is 12.1. The topological polar surface area (TPSA) is 69.4 Å². The zero-order valence-corrected chi connectivity index (χ0v) is 17.1. The van der Waals surface area contributed by atoms with Crippen molar-refractivity contribution in [2.75, 3.05) is 0 Å². The quantitative estimate of drug-likeness (QED) is 0.413. The van der Waals surface area contributed by atoms with Crippen LogP contribution in [0.25, 0.3) is 22.3 Å².